The number of rotatable bonds is 2. The number of thiol groups is 1. The van der Waals surface area contributed by atoms with E-state index in [1.165, 1.54) is 4.90 Å². The zero-order valence-corrected chi connectivity index (χ0v) is 15.7. The largest absolute Gasteiger partial charge is 0.380 e. The third-order valence-electron chi connectivity index (χ3n) is 3.77. The third-order valence-corrected chi connectivity index (χ3v) is 4.05. The van der Waals surface area contributed by atoms with Crippen molar-refractivity contribution in [2.24, 2.45) is 16.9 Å². The molecule has 1 aromatic rings. The quantitative estimate of drug-likeness (QED) is 0.560. The monoisotopic (exact) mass is 354 g/mol. The molecule has 7 heteroatoms. The smallest absolute Gasteiger partial charge is 0.316 e. The predicted octanol–water partition coefficient (Wildman–Crippen LogP) is 1.93. The van der Waals surface area contributed by atoms with E-state index in [1.807, 2.05) is 54.6 Å². The van der Waals surface area contributed by atoms with Crippen LogP contribution in [0, 0.1) is 5.41 Å². The van der Waals surface area contributed by atoms with Gasteiger partial charge in [0.15, 0.2) is 0 Å². The van der Waals surface area contributed by atoms with Gasteiger partial charge in [0.25, 0.3) is 0 Å². The lowest BCUT2D eigenvalue weighted by atomic mass is 9.80. The highest BCUT2D eigenvalue weighted by atomic mass is 32.1. The van der Waals surface area contributed by atoms with Crippen LogP contribution in [-0.2, 0) is 4.74 Å². The van der Waals surface area contributed by atoms with Crippen LogP contribution in [0.15, 0.2) is 36.4 Å². The van der Waals surface area contributed by atoms with Crippen LogP contribution in [-0.4, -0.2) is 53.7 Å². The summed E-state index contributed by atoms with van der Waals surface area (Å²) in [7, 11) is 0. The molecule has 136 valence electrons. The molecular weight excluding hydrogens is 324 g/mol. The molecular formula is C17H30N4O2S. The normalized spacial score (nSPS) is 18.9. The molecule has 4 N–H and O–H groups in total. The number of benzene rings is 1. The van der Waals surface area contributed by atoms with Gasteiger partial charge >= 0.3 is 6.03 Å². The highest BCUT2D eigenvalue weighted by molar-refractivity contribution is 7.77. The zero-order chi connectivity index (χ0) is 18.2. The molecule has 2 saturated heterocycles. The Morgan fingerprint density at radius 3 is 1.62 bits per heavy atom. The Balaban J connectivity index is 0.000000185. The van der Waals surface area contributed by atoms with Gasteiger partial charge < -0.3 is 21.1 Å². The Bertz CT molecular complexity index is 438. The molecule has 0 saturated carbocycles. The summed E-state index contributed by atoms with van der Waals surface area (Å²) >= 11 is 4.16. The van der Waals surface area contributed by atoms with Gasteiger partial charge in [0.2, 0.25) is 0 Å². The second kappa shape index (κ2) is 9.88. The molecule has 1 aromatic carbocycles. The number of amides is 2. The van der Waals surface area contributed by atoms with Gasteiger partial charge in [0, 0.05) is 24.5 Å². The van der Waals surface area contributed by atoms with Crippen molar-refractivity contribution < 1.29 is 9.53 Å². The van der Waals surface area contributed by atoms with Crippen molar-refractivity contribution in [3.05, 3.63) is 36.4 Å². The first-order valence-corrected chi connectivity index (χ1v) is 8.52. The van der Waals surface area contributed by atoms with Crippen molar-refractivity contribution in [3.8, 4) is 0 Å². The number of ether oxygens (including phenoxy) is 1. The maximum absolute atomic E-state index is 10.7. The van der Waals surface area contributed by atoms with E-state index in [1.54, 1.807) is 6.92 Å². The van der Waals surface area contributed by atoms with Gasteiger partial charge in [-0.1, -0.05) is 49.2 Å². The van der Waals surface area contributed by atoms with Gasteiger partial charge in [-0.2, -0.15) is 0 Å². The van der Waals surface area contributed by atoms with Crippen LogP contribution in [0.4, 0.5) is 4.79 Å². The standard InChI is InChI=1S/C6H15N3O.C6H6.C5H9NOS/c1-4(2)9(5(3)7)6(8)10;1-2-4-6-5-3-1;8-6-1-5(2-6)3-7-4-5/h4-5H,7H2,1-3H3,(H2,8,10);1-6H;8H,1-4H2. The van der Waals surface area contributed by atoms with Crippen molar-refractivity contribution in [1.82, 2.24) is 9.21 Å². The highest BCUT2D eigenvalue weighted by Gasteiger charge is 2.47. The summed E-state index contributed by atoms with van der Waals surface area (Å²) < 4.78 is 7.10. The van der Waals surface area contributed by atoms with Crippen LogP contribution in [0.3, 0.4) is 0 Å². The maximum Gasteiger partial charge on any atom is 0.316 e. The fraction of sp³-hybridized carbons (Fsp3) is 0.588. The summed E-state index contributed by atoms with van der Waals surface area (Å²) in [5.74, 6) is 0. The van der Waals surface area contributed by atoms with Crippen LogP contribution in [0.5, 0.6) is 0 Å². The molecule has 0 aliphatic carbocycles. The van der Waals surface area contributed by atoms with Crippen molar-refractivity contribution in [1.29, 1.82) is 0 Å². The topological polar surface area (TPSA) is 84.8 Å². The van der Waals surface area contributed by atoms with Crippen LogP contribution in [0.25, 0.3) is 0 Å². The molecule has 0 radical (unpaired) electrons. The molecule has 3 rings (SSSR count). The van der Waals surface area contributed by atoms with E-state index < -0.39 is 6.03 Å². The first-order chi connectivity index (χ1) is 11.3. The van der Waals surface area contributed by atoms with E-state index in [-0.39, 0.29) is 12.2 Å². The van der Waals surface area contributed by atoms with E-state index >= 15 is 0 Å². The fourth-order valence-electron chi connectivity index (χ4n) is 2.61. The van der Waals surface area contributed by atoms with Gasteiger partial charge in [-0.3, -0.25) is 4.31 Å². The van der Waals surface area contributed by atoms with Gasteiger partial charge in [0.1, 0.15) is 0 Å². The molecule has 1 spiro atoms. The lowest BCUT2D eigenvalue weighted by Crippen LogP contribution is -2.62. The second-order valence-electron chi connectivity index (χ2n) is 6.55. The number of primary amides is 1. The van der Waals surface area contributed by atoms with Gasteiger partial charge in [0.05, 0.1) is 19.4 Å². The van der Waals surface area contributed by atoms with Crippen LogP contribution in [0.2, 0.25) is 0 Å². The molecule has 2 amide bonds. The first-order valence-electron chi connectivity index (χ1n) is 8.12. The van der Waals surface area contributed by atoms with E-state index in [0.29, 0.717) is 5.41 Å². The molecule has 2 aliphatic heterocycles. The molecule has 2 aliphatic rings. The SMILES string of the molecule is CC(C)N(C(N)=O)C(C)N.SN1CC2(COC2)C1.c1ccccc1. The van der Waals surface area contributed by atoms with Crippen LogP contribution < -0.4 is 11.5 Å². The zero-order valence-electron chi connectivity index (χ0n) is 14.8. The summed E-state index contributed by atoms with van der Waals surface area (Å²) in [6.45, 7) is 9.63. The molecule has 2 heterocycles. The van der Waals surface area contributed by atoms with E-state index in [4.69, 9.17) is 16.2 Å². The number of hydrogen-bond donors (Lipinski definition) is 3. The summed E-state index contributed by atoms with van der Waals surface area (Å²) in [6.07, 6.45) is -0.308. The minimum Gasteiger partial charge on any atom is -0.380 e. The number of nitrogens with zero attached hydrogens (tertiary/aromatic N) is 2. The van der Waals surface area contributed by atoms with Crippen molar-refractivity contribution in [2.75, 3.05) is 26.3 Å². The number of urea groups is 1. The Hall–Kier alpha value is -1.28. The van der Waals surface area contributed by atoms with Crippen molar-refractivity contribution in [3.63, 3.8) is 0 Å². The molecule has 24 heavy (non-hydrogen) atoms. The third kappa shape index (κ3) is 6.68. The molecule has 2 fully saturated rings. The summed E-state index contributed by atoms with van der Waals surface area (Å²) in [5, 5.41) is 0. The van der Waals surface area contributed by atoms with E-state index in [9.17, 15) is 4.79 Å². The molecule has 6 nitrogen and oxygen atoms in total. The maximum atomic E-state index is 10.7. The fourth-order valence-corrected chi connectivity index (χ4v) is 3.21. The highest BCUT2D eigenvalue weighted by Crippen LogP contribution is 2.37. The summed E-state index contributed by atoms with van der Waals surface area (Å²) in [6, 6.07) is 11.6. The summed E-state index contributed by atoms with van der Waals surface area (Å²) in [4.78, 5) is 12.1. The minimum atomic E-state index is -0.468. The Labute approximate surface area is 150 Å². The van der Waals surface area contributed by atoms with Gasteiger partial charge in [-0.05, 0) is 20.8 Å². The number of carbonyl (C=O) groups excluding carboxylic acids is 1. The average molecular weight is 355 g/mol. The minimum absolute atomic E-state index is 0.0671. The molecule has 1 unspecified atom stereocenters. The Kier molecular flexibility index (Phi) is 8.55. The lowest BCUT2D eigenvalue weighted by molar-refractivity contribution is -0.164. The molecule has 0 aromatic heterocycles. The van der Waals surface area contributed by atoms with Crippen LogP contribution >= 0.6 is 12.8 Å². The number of hydrogen-bond acceptors (Lipinski definition) is 5. The van der Waals surface area contributed by atoms with Crippen LogP contribution in [0.1, 0.15) is 20.8 Å². The van der Waals surface area contributed by atoms with Crippen molar-refractivity contribution >= 4 is 18.8 Å². The Morgan fingerprint density at radius 1 is 1.12 bits per heavy atom. The first kappa shape index (κ1) is 20.8. The van der Waals surface area contributed by atoms with Gasteiger partial charge in [-0.25, -0.2) is 4.79 Å². The number of carbonyl (C=O) groups is 1. The average Bonchev–Trinajstić information content (AvgIpc) is 2.43. The summed E-state index contributed by atoms with van der Waals surface area (Å²) in [5.41, 5.74) is 11.1. The van der Waals surface area contributed by atoms with E-state index in [0.717, 1.165) is 26.3 Å². The lowest BCUT2D eigenvalue weighted by Gasteiger charge is -2.52. The predicted molar refractivity (Wildman–Crippen MR) is 100 cm³/mol. The molecule has 1 atom stereocenters. The van der Waals surface area contributed by atoms with E-state index in [2.05, 4.69) is 12.8 Å². The Morgan fingerprint density at radius 2 is 1.54 bits per heavy atom. The van der Waals surface area contributed by atoms with Gasteiger partial charge in [-0.15, -0.1) is 0 Å². The molecule has 0 bridgehead atoms. The number of nitrogens with two attached hydrogens (primary N) is 2. The van der Waals surface area contributed by atoms with Crippen molar-refractivity contribution in [2.45, 2.75) is 33.0 Å². The second-order valence-corrected chi connectivity index (χ2v) is 7.12.